The standard InChI is InChI=1S/C34H61NO6/c1-2-19-31(34(40)41)35-33(39)29-25-22-28(23-26-29)24-27-30(36)20-17-15-13-11-9-7-5-3-4-6-8-10-12-14-16-18-21-32(37)38/h28-29,31H,2-27H2,1H3,(H,35,39)(H,37,38)(H,40,41)/t28?,29?,31-/m0/s1. The van der Waals surface area contributed by atoms with Crippen molar-refractivity contribution in [1.29, 1.82) is 0 Å². The molecule has 1 fully saturated rings. The summed E-state index contributed by atoms with van der Waals surface area (Å²) in [4.78, 5) is 46.6. The lowest BCUT2D eigenvalue weighted by Gasteiger charge is -2.28. The van der Waals surface area contributed by atoms with E-state index in [0.29, 0.717) is 37.4 Å². The Balaban J connectivity index is 1.89. The number of amides is 1. The topological polar surface area (TPSA) is 121 Å². The van der Waals surface area contributed by atoms with Crippen LogP contribution in [0.5, 0.6) is 0 Å². The van der Waals surface area contributed by atoms with Gasteiger partial charge in [-0.3, -0.25) is 14.4 Å². The number of nitrogens with one attached hydrogen (secondary N) is 1. The smallest absolute Gasteiger partial charge is 0.326 e. The third-order valence-corrected chi connectivity index (χ3v) is 8.84. The van der Waals surface area contributed by atoms with Crippen LogP contribution in [0.15, 0.2) is 0 Å². The molecular weight excluding hydrogens is 518 g/mol. The Morgan fingerprint density at radius 1 is 0.634 bits per heavy atom. The predicted octanol–water partition coefficient (Wildman–Crippen LogP) is 8.62. The van der Waals surface area contributed by atoms with Crippen LogP contribution in [0, 0.1) is 11.8 Å². The fourth-order valence-corrected chi connectivity index (χ4v) is 6.11. The van der Waals surface area contributed by atoms with E-state index in [9.17, 15) is 24.3 Å². The molecule has 7 heteroatoms. The lowest BCUT2D eigenvalue weighted by Crippen LogP contribution is -2.44. The van der Waals surface area contributed by atoms with Crippen molar-refractivity contribution < 1.29 is 29.4 Å². The minimum atomic E-state index is -0.957. The lowest BCUT2D eigenvalue weighted by molar-refractivity contribution is -0.143. The van der Waals surface area contributed by atoms with Gasteiger partial charge in [-0.1, -0.05) is 103 Å². The first kappa shape index (κ1) is 37.1. The number of carboxylic acids is 2. The molecule has 0 saturated heterocycles. The number of unbranched alkanes of at least 4 members (excludes halogenated alkanes) is 15. The minimum absolute atomic E-state index is 0.0919. The molecule has 1 amide bonds. The molecule has 0 aromatic rings. The third-order valence-electron chi connectivity index (χ3n) is 8.84. The Bertz CT molecular complexity index is 716. The Morgan fingerprint density at radius 3 is 1.49 bits per heavy atom. The lowest BCUT2D eigenvalue weighted by atomic mass is 9.79. The van der Waals surface area contributed by atoms with Crippen molar-refractivity contribution in [2.75, 3.05) is 0 Å². The van der Waals surface area contributed by atoms with Gasteiger partial charge in [0.25, 0.3) is 0 Å². The molecule has 238 valence electrons. The van der Waals surface area contributed by atoms with Crippen molar-refractivity contribution in [1.82, 2.24) is 5.32 Å². The Hall–Kier alpha value is -1.92. The van der Waals surface area contributed by atoms with Crippen molar-refractivity contribution in [2.24, 2.45) is 11.8 Å². The number of carboxylic acid groups (broad SMARTS) is 2. The summed E-state index contributed by atoms with van der Waals surface area (Å²) in [7, 11) is 0. The highest BCUT2D eigenvalue weighted by Crippen LogP contribution is 2.32. The highest BCUT2D eigenvalue weighted by molar-refractivity contribution is 5.85. The number of aliphatic carboxylic acids is 2. The van der Waals surface area contributed by atoms with Crippen molar-refractivity contribution >= 4 is 23.6 Å². The van der Waals surface area contributed by atoms with Gasteiger partial charge < -0.3 is 15.5 Å². The molecule has 0 unspecified atom stereocenters. The first-order chi connectivity index (χ1) is 19.8. The number of ketones is 1. The van der Waals surface area contributed by atoms with Crippen LogP contribution >= 0.6 is 0 Å². The maximum absolute atomic E-state index is 12.5. The third kappa shape index (κ3) is 20.6. The summed E-state index contributed by atoms with van der Waals surface area (Å²) in [6.45, 7) is 1.92. The molecule has 0 radical (unpaired) electrons. The fourth-order valence-electron chi connectivity index (χ4n) is 6.11. The summed E-state index contributed by atoms with van der Waals surface area (Å²) in [6, 6.07) is -0.782. The highest BCUT2D eigenvalue weighted by Gasteiger charge is 2.29. The van der Waals surface area contributed by atoms with Crippen molar-refractivity contribution in [3.8, 4) is 0 Å². The normalized spacial score (nSPS) is 17.7. The zero-order chi connectivity index (χ0) is 30.1. The summed E-state index contributed by atoms with van der Waals surface area (Å²) < 4.78 is 0. The highest BCUT2D eigenvalue weighted by atomic mass is 16.4. The van der Waals surface area contributed by atoms with E-state index >= 15 is 0 Å². The molecular formula is C34H61NO6. The maximum Gasteiger partial charge on any atom is 0.326 e. The number of carbonyl (C=O) groups excluding carboxylic acids is 2. The van der Waals surface area contributed by atoms with Gasteiger partial charge in [0.15, 0.2) is 0 Å². The molecule has 1 aliphatic rings. The van der Waals surface area contributed by atoms with Crippen LogP contribution in [0.3, 0.4) is 0 Å². The molecule has 1 saturated carbocycles. The average Bonchev–Trinajstić information content (AvgIpc) is 2.95. The second kappa shape index (κ2) is 24.7. The number of Topliss-reactive ketones (excluding diaryl/α,β-unsaturated/α-hetero) is 1. The van der Waals surface area contributed by atoms with E-state index in [4.69, 9.17) is 5.11 Å². The predicted molar refractivity (Wildman–Crippen MR) is 165 cm³/mol. The monoisotopic (exact) mass is 579 g/mol. The molecule has 3 N–H and O–H groups in total. The summed E-state index contributed by atoms with van der Waals surface area (Å²) in [5.41, 5.74) is 0. The van der Waals surface area contributed by atoms with E-state index < -0.39 is 18.0 Å². The summed E-state index contributed by atoms with van der Waals surface area (Å²) in [5.74, 6) is -0.954. The second-order valence-corrected chi connectivity index (χ2v) is 12.5. The van der Waals surface area contributed by atoms with Crippen LogP contribution in [0.1, 0.15) is 174 Å². The number of carbonyl (C=O) groups is 4. The summed E-state index contributed by atoms with van der Waals surface area (Å²) in [5, 5.41) is 20.6. The summed E-state index contributed by atoms with van der Waals surface area (Å²) in [6.07, 6.45) is 26.8. The molecule has 0 spiro atoms. The van der Waals surface area contributed by atoms with E-state index in [1.165, 1.54) is 77.0 Å². The van der Waals surface area contributed by atoms with Crippen LogP contribution in [0.25, 0.3) is 0 Å². The second-order valence-electron chi connectivity index (χ2n) is 12.5. The molecule has 0 aromatic heterocycles. The van der Waals surface area contributed by atoms with E-state index in [-0.39, 0.29) is 11.8 Å². The molecule has 1 aliphatic carbocycles. The van der Waals surface area contributed by atoms with Gasteiger partial charge in [0, 0.05) is 25.2 Å². The van der Waals surface area contributed by atoms with Gasteiger partial charge in [0.1, 0.15) is 11.8 Å². The molecule has 7 nitrogen and oxygen atoms in total. The van der Waals surface area contributed by atoms with E-state index in [1.54, 1.807) is 0 Å². The van der Waals surface area contributed by atoms with Gasteiger partial charge in [-0.05, 0) is 57.3 Å². The molecule has 1 rings (SSSR count). The first-order valence-corrected chi connectivity index (χ1v) is 17.1. The largest absolute Gasteiger partial charge is 0.481 e. The summed E-state index contributed by atoms with van der Waals surface area (Å²) >= 11 is 0. The van der Waals surface area contributed by atoms with Crippen molar-refractivity contribution in [3.63, 3.8) is 0 Å². The molecule has 0 aliphatic heterocycles. The zero-order valence-electron chi connectivity index (χ0n) is 26.1. The Kier molecular flexibility index (Phi) is 22.3. The Morgan fingerprint density at radius 2 is 1.07 bits per heavy atom. The van der Waals surface area contributed by atoms with E-state index in [2.05, 4.69) is 5.32 Å². The van der Waals surface area contributed by atoms with Crippen LogP contribution in [-0.2, 0) is 19.2 Å². The number of rotatable bonds is 27. The van der Waals surface area contributed by atoms with Crippen molar-refractivity contribution in [2.45, 2.75) is 180 Å². The zero-order valence-corrected chi connectivity index (χ0v) is 26.1. The van der Waals surface area contributed by atoms with Gasteiger partial charge in [-0.2, -0.15) is 0 Å². The van der Waals surface area contributed by atoms with Crippen LogP contribution in [-0.4, -0.2) is 39.9 Å². The van der Waals surface area contributed by atoms with Gasteiger partial charge in [-0.15, -0.1) is 0 Å². The fraction of sp³-hybridized carbons (Fsp3) is 0.882. The SMILES string of the molecule is CCC[C@H](NC(=O)C1CCC(CCC(=O)CCCCCCCCCCCCCCCCCCC(=O)O)CC1)C(=O)O. The average molecular weight is 580 g/mol. The number of hydrogen-bond donors (Lipinski definition) is 3. The molecule has 0 bridgehead atoms. The first-order valence-electron chi connectivity index (χ1n) is 17.1. The van der Waals surface area contributed by atoms with Gasteiger partial charge in [-0.25, -0.2) is 4.79 Å². The quantitative estimate of drug-likeness (QED) is 0.0838. The van der Waals surface area contributed by atoms with Crippen LogP contribution < -0.4 is 5.32 Å². The van der Waals surface area contributed by atoms with Gasteiger partial charge >= 0.3 is 11.9 Å². The maximum atomic E-state index is 12.5. The van der Waals surface area contributed by atoms with Crippen LogP contribution in [0.2, 0.25) is 0 Å². The van der Waals surface area contributed by atoms with Gasteiger partial charge in [0.2, 0.25) is 5.91 Å². The molecule has 0 aromatic carbocycles. The van der Waals surface area contributed by atoms with Crippen molar-refractivity contribution in [3.05, 3.63) is 0 Å². The molecule has 0 heterocycles. The molecule has 1 atom stereocenters. The van der Waals surface area contributed by atoms with Gasteiger partial charge in [0.05, 0.1) is 0 Å². The number of hydrogen-bond acceptors (Lipinski definition) is 4. The van der Waals surface area contributed by atoms with E-state index in [0.717, 1.165) is 64.2 Å². The van der Waals surface area contributed by atoms with Crippen LogP contribution in [0.4, 0.5) is 0 Å². The molecule has 41 heavy (non-hydrogen) atoms. The minimum Gasteiger partial charge on any atom is -0.481 e. The van der Waals surface area contributed by atoms with E-state index in [1.807, 2.05) is 6.92 Å². The Labute approximate surface area is 250 Å².